The molecule has 0 radical (unpaired) electrons. The van der Waals surface area contributed by atoms with Crippen LogP contribution < -0.4 is 5.73 Å². The molecule has 1 fully saturated rings. The normalized spacial score (nSPS) is 28.0. The van der Waals surface area contributed by atoms with Crippen LogP contribution in [0.25, 0.3) is 0 Å². The highest BCUT2D eigenvalue weighted by atomic mass is 16.3. The largest absolute Gasteiger partial charge is 0.392 e. The number of hydrogen-bond donors (Lipinski definition) is 2. The predicted octanol–water partition coefficient (Wildman–Crippen LogP) is 1.20. The van der Waals surface area contributed by atoms with Crippen LogP contribution in [0.3, 0.4) is 0 Å². The summed E-state index contributed by atoms with van der Waals surface area (Å²) in [6.07, 6.45) is 1.73. The van der Waals surface area contributed by atoms with E-state index in [9.17, 15) is 5.11 Å². The maximum Gasteiger partial charge on any atom is 0.0679 e. The summed E-state index contributed by atoms with van der Waals surface area (Å²) in [5, 5.41) is 9.59. The molecule has 0 spiro atoms. The van der Waals surface area contributed by atoms with E-state index in [2.05, 4.69) is 32.6 Å². The molecule has 90 valence electrons. The summed E-state index contributed by atoms with van der Waals surface area (Å²) < 4.78 is 0. The highest BCUT2D eigenvalue weighted by Gasteiger charge is 2.37. The smallest absolute Gasteiger partial charge is 0.0679 e. The molecule has 0 aliphatic carbocycles. The molecule has 15 heavy (non-hydrogen) atoms. The van der Waals surface area contributed by atoms with Gasteiger partial charge in [-0.3, -0.25) is 4.90 Å². The van der Waals surface area contributed by atoms with Gasteiger partial charge in [-0.2, -0.15) is 0 Å². The number of aliphatic hydroxyl groups is 1. The van der Waals surface area contributed by atoms with Crippen molar-refractivity contribution in [1.29, 1.82) is 0 Å². The average molecular weight is 214 g/mol. The van der Waals surface area contributed by atoms with Gasteiger partial charge in [0, 0.05) is 25.2 Å². The van der Waals surface area contributed by atoms with Gasteiger partial charge in [0.15, 0.2) is 0 Å². The van der Waals surface area contributed by atoms with Crippen molar-refractivity contribution in [2.75, 3.05) is 13.1 Å². The van der Waals surface area contributed by atoms with Gasteiger partial charge in [-0.05, 0) is 18.3 Å². The van der Waals surface area contributed by atoms with Crippen LogP contribution in [0.2, 0.25) is 0 Å². The number of nitrogens with zero attached hydrogens (tertiary/aromatic N) is 1. The Bertz CT molecular complexity index is 200. The standard InChI is InChI=1S/C12H26N2O/c1-5-10(13)11(12(2,3)4)14-7-6-9(15)8-14/h9-11,15H,5-8,13H2,1-4H3. The number of β-amino-alcohol motifs (C(OH)–C–C–N with tert-alkyl or cyclic N) is 1. The first-order valence-corrected chi connectivity index (χ1v) is 6.04. The van der Waals surface area contributed by atoms with E-state index in [0.717, 1.165) is 25.9 Å². The minimum atomic E-state index is -0.154. The molecule has 3 atom stereocenters. The van der Waals surface area contributed by atoms with Crippen molar-refractivity contribution in [3.63, 3.8) is 0 Å². The lowest BCUT2D eigenvalue weighted by Gasteiger charge is -2.41. The summed E-state index contributed by atoms with van der Waals surface area (Å²) in [4.78, 5) is 2.36. The summed E-state index contributed by atoms with van der Waals surface area (Å²) in [7, 11) is 0. The summed E-state index contributed by atoms with van der Waals surface area (Å²) in [6.45, 7) is 10.6. The number of aliphatic hydroxyl groups excluding tert-OH is 1. The summed E-state index contributed by atoms with van der Waals surface area (Å²) in [6, 6.07) is 0.579. The van der Waals surface area contributed by atoms with Crippen LogP contribution in [-0.4, -0.2) is 41.3 Å². The van der Waals surface area contributed by atoms with Crippen molar-refractivity contribution >= 4 is 0 Å². The summed E-state index contributed by atoms with van der Waals surface area (Å²) in [5.41, 5.74) is 6.39. The van der Waals surface area contributed by atoms with Crippen molar-refractivity contribution in [3.05, 3.63) is 0 Å². The molecule has 3 unspecified atom stereocenters. The molecule has 3 N–H and O–H groups in total. The highest BCUT2D eigenvalue weighted by molar-refractivity contribution is 4.93. The van der Waals surface area contributed by atoms with E-state index < -0.39 is 0 Å². The van der Waals surface area contributed by atoms with Crippen molar-refractivity contribution in [3.8, 4) is 0 Å². The molecule has 0 saturated carbocycles. The number of likely N-dealkylation sites (tertiary alicyclic amines) is 1. The van der Waals surface area contributed by atoms with Crippen LogP contribution in [0.5, 0.6) is 0 Å². The quantitative estimate of drug-likeness (QED) is 0.742. The number of rotatable bonds is 3. The first-order chi connectivity index (χ1) is 6.86. The van der Waals surface area contributed by atoms with Gasteiger partial charge in [0.2, 0.25) is 0 Å². The Morgan fingerprint density at radius 3 is 2.40 bits per heavy atom. The SMILES string of the molecule is CCC(N)C(N1CCC(O)C1)C(C)(C)C. The van der Waals surface area contributed by atoms with E-state index in [1.54, 1.807) is 0 Å². The average Bonchev–Trinajstić information content (AvgIpc) is 2.49. The van der Waals surface area contributed by atoms with Crippen molar-refractivity contribution < 1.29 is 5.11 Å². The second kappa shape index (κ2) is 4.81. The van der Waals surface area contributed by atoms with E-state index in [4.69, 9.17) is 5.73 Å². The number of nitrogens with two attached hydrogens (primary N) is 1. The molecular formula is C12H26N2O. The van der Waals surface area contributed by atoms with E-state index >= 15 is 0 Å². The maximum absolute atomic E-state index is 9.59. The first kappa shape index (κ1) is 12.9. The summed E-state index contributed by atoms with van der Waals surface area (Å²) in [5.74, 6) is 0. The van der Waals surface area contributed by atoms with E-state index in [0.29, 0.717) is 6.04 Å². The third-order valence-corrected chi connectivity index (χ3v) is 3.35. The summed E-state index contributed by atoms with van der Waals surface area (Å²) >= 11 is 0. The van der Waals surface area contributed by atoms with Crippen LogP contribution in [0.1, 0.15) is 40.5 Å². The van der Waals surface area contributed by atoms with Crippen LogP contribution in [0.15, 0.2) is 0 Å². The predicted molar refractivity (Wildman–Crippen MR) is 63.7 cm³/mol. The topological polar surface area (TPSA) is 49.5 Å². The van der Waals surface area contributed by atoms with E-state index in [-0.39, 0.29) is 17.6 Å². The Balaban J connectivity index is 2.73. The fourth-order valence-corrected chi connectivity index (χ4v) is 2.70. The molecule has 3 nitrogen and oxygen atoms in total. The van der Waals surface area contributed by atoms with Gasteiger partial charge < -0.3 is 10.8 Å². The lowest BCUT2D eigenvalue weighted by Crippen LogP contribution is -2.53. The Morgan fingerprint density at radius 2 is 2.07 bits per heavy atom. The van der Waals surface area contributed by atoms with Gasteiger partial charge in [-0.15, -0.1) is 0 Å². The van der Waals surface area contributed by atoms with Gasteiger partial charge in [0.25, 0.3) is 0 Å². The van der Waals surface area contributed by atoms with Crippen LogP contribution in [0.4, 0.5) is 0 Å². The lowest BCUT2D eigenvalue weighted by molar-refractivity contribution is 0.0817. The zero-order valence-corrected chi connectivity index (χ0v) is 10.5. The van der Waals surface area contributed by atoms with Gasteiger partial charge in [0.05, 0.1) is 6.10 Å². The van der Waals surface area contributed by atoms with Gasteiger partial charge in [-0.1, -0.05) is 27.7 Å². The molecule has 3 heteroatoms. The zero-order valence-electron chi connectivity index (χ0n) is 10.5. The van der Waals surface area contributed by atoms with Crippen molar-refractivity contribution in [2.24, 2.45) is 11.1 Å². The molecule has 1 aliphatic rings. The third kappa shape index (κ3) is 3.16. The molecule has 1 heterocycles. The molecule has 0 aromatic heterocycles. The molecule has 0 aromatic rings. The minimum Gasteiger partial charge on any atom is -0.392 e. The Labute approximate surface area is 93.6 Å². The van der Waals surface area contributed by atoms with Crippen molar-refractivity contribution in [1.82, 2.24) is 4.90 Å². The molecular weight excluding hydrogens is 188 g/mol. The van der Waals surface area contributed by atoms with Crippen LogP contribution in [0, 0.1) is 5.41 Å². The third-order valence-electron chi connectivity index (χ3n) is 3.35. The van der Waals surface area contributed by atoms with Crippen molar-refractivity contribution in [2.45, 2.75) is 58.7 Å². The monoisotopic (exact) mass is 214 g/mol. The lowest BCUT2D eigenvalue weighted by atomic mass is 9.80. The Kier molecular flexibility index (Phi) is 4.15. The Hall–Kier alpha value is -0.120. The van der Waals surface area contributed by atoms with Crippen LogP contribution >= 0.6 is 0 Å². The fourth-order valence-electron chi connectivity index (χ4n) is 2.70. The molecule has 1 rings (SSSR count). The molecule has 0 aromatic carbocycles. The van der Waals surface area contributed by atoms with Gasteiger partial charge in [-0.25, -0.2) is 0 Å². The zero-order chi connectivity index (χ0) is 11.6. The van der Waals surface area contributed by atoms with Crippen LogP contribution in [-0.2, 0) is 0 Å². The molecule has 0 amide bonds. The number of hydrogen-bond acceptors (Lipinski definition) is 3. The molecule has 1 aliphatic heterocycles. The highest BCUT2D eigenvalue weighted by Crippen LogP contribution is 2.30. The Morgan fingerprint density at radius 1 is 1.47 bits per heavy atom. The second-order valence-electron chi connectivity index (χ2n) is 5.82. The minimum absolute atomic E-state index is 0.154. The van der Waals surface area contributed by atoms with Gasteiger partial charge >= 0.3 is 0 Å². The van der Waals surface area contributed by atoms with E-state index in [1.165, 1.54) is 0 Å². The molecule has 0 bridgehead atoms. The van der Waals surface area contributed by atoms with E-state index in [1.807, 2.05) is 0 Å². The first-order valence-electron chi connectivity index (χ1n) is 6.04. The second-order valence-corrected chi connectivity index (χ2v) is 5.82. The van der Waals surface area contributed by atoms with Gasteiger partial charge in [0.1, 0.15) is 0 Å². The molecule has 1 saturated heterocycles. The fraction of sp³-hybridized carbons (Fsp3) is 1.00. The maximum atomic E-state index is 9.59.